The molecule has 2 aromatic rings. The molecule has 0 aliphatic heterocycles. The van der Waals surface area contributed by atoms with Crippen LogP contribution in [0.25, 0.3) is 0 Å². The van der Waals surface area contributed by atoms with Gasteiger partial charge in [-0.2, -0.15) is 0 Å². The molecule has 2 aromatic carbocycles. The maximum atomic E-state index is 6.16. The Morgan fingerprint density at radius 2 is 1.65 bits per heavy atom. The molecule has 0 aliphatic rings. The average molecular weight is 269 g/mol. The summed E-state index contributed by atoms with van der Waals surface area (Å²) in [6.45, 7) is 9.26. The minimum atomic E-state index is 0.850. The van der Waals surface area contributed by atoms with E-state index in [0.29, 0.717) is 0 Å². The van der Waals surface area contributed by atoms with Crippen molar-refractivity contribution in [3.8, 4) is 11.5 Å². The third kappa shape index (κ3) is 3.20. The van der Waals surface area contributed by atoms with Crippen LogP contribution in [0.1, 0.15) is 27.8 Å². The predicted octanol–water partition coefficient (Wildman–Crippen LogP) is 4.43. The number of rotatable bonds is 4. The van der Waals surface area contributed by atoms with Crippen LogP contribution in [0.5, 0.6) is 11.5 Å². The van der Waals surface area contributed by atoms with Crippen LogP contribution in [0.3, 0.4) is 0 Å². The Kier molecular flexibility index (Phi) is 4.46. The summed E-state index contributed by atoms with van der Waals surface area (Å²) in [5, 5.41) is 3.17. The summed E-state index contributed by atoms with van der Waals surface area (Å²) < 4.78 is 6.16. The average Bonchev–Trinajstić information content (AvgIpc) is 2.39. The van der Waals surface area contributed by atoms with Crippen LogP contribution < -0.4 is 10.1 Å². The first kappa shape index (κ1) is 14.6. The van der Waals surface area contributed by atoms with Crippen molar-refractivity contribution < 1.29 is 4.74 Å². The Bertz CT molecular complexity index is 617. The van der Waals surface area contributed by atoms with Crippen molar-refractivity contribution in [2.75, 3.05) is 7.05 Å². The molecule has 0 fully saturated rings. The highest BCUT2D eigenvalue weighted by molar-refractivity contribution is 5.46. The maximum Gasteiger partial charge on any atom is 0.130 e. The quantitative estimate of drug-likeness (QED) is 0.886. The van der Waals surface area contributed by atoms with E-state index in [0.717, 1.165) is 23.6 Å². The summed E-state index contributed by atoms with van der Waals surface area (Å²) in [6, 6.07) is 10.6. The molecule has 0 aromatic heterocycles. The molecule has 1 N–H and O–H groups in total. The van der Waals surface area contributed by atoms with Gasteiger partial charge in [-0.15, -0.1) is 0 Å². The summed E-state index contributed by atoms with van der Waals surface area (Å²) >= 11 is 0. The molecule has 20 heavy (non-hydrogen) atoms. The van der Waals surface area contributed by atoms with Crippen LogP contribution in [0, 0.1) is 27.7 Å². The van der Waals surface area contributed by atoms with Gasteiger partial charge in [-0.3, -0.25) is 0 Å². The van der Waals surface area contributed by atoms with E-state index >= 15 is 0 Å². The van der Waals surface area contributed by atoms with Crippen molar-refractivity contribution in [2.24, 2.45) is 0 Å². The van der Waals surface area contributed by atoms with E-state index in [-0.39, 0.29) is 0 Å². The lowest BCUT2D eigenvalue weighted by molar-refractivity contribution is 0.473. The van der Waals surface area contributed by atoms with Crippen molar-refractivity contribution in [1.29, 1.82) is 0 Å². The van der Waals surface area contributed by atoms with Gasteiger partial charge in [0.2, 0.25) is 0 Å². The highest BCUT2D eigenvalue weighted by Gasteiger charge is 2.08. The second kappa shape index (κ2) is 6.10. The number of ether oxygens (including phenoxy) is 1. The molecule has 0 unspecified atom stereocenters. The molecule has 0 heterocycles. The van der Waals surface area contributed by atoms with Gasteiger partial charge in [-0.1, -0.05) is 18.2 Å². The van der Waals surface area contributed by atoms with E-state index in [1.54, 1.807) is 0 Å². The number of hydrogen-bond acceptors (Lipinski definition) is 2. The van der Waals surface area contributed by atoms with Gasteiger partial charge >= 0.3 is 0 Å². The van der Waals surface area contributed by atoms with Gasteiger partial charge in [0.15, 0.2) is 0 Å². The number of nitrogens with one attached hydrogen (secondary N) is 1. The lowest BCUT2D eigenvalue weighted by Crippen LogP contribution is -2.05. The van der Waals surface area contributed by atoms with Crippen LogP contribution in [-0.2, 0) is 6.54 Å². The molecule has 2 nitrogen and oxygen atoms in total. The minimum absolute atomic E-state index is 0.850. The lowest BCUT2D eigenvalue weighted by atomic mass is 10.1. The van der Waals surface area contributed by atoms with E-state index in [4.69, 9.17) is 4.74 Å². The summed E-state index contributed by atoms with van der Waals surface area (Å²) in [4.78, 5) is 0. The predicted molar refractivity (Wildman–Crippen MR) is 84.7 cm³/mol. The molecule has 2 rings (SSSR count). The van der Waals surface area contributed by atoms with E-state index < -0.39 is 0 Å². The Balaban J connectivity index is 2.36. The van der Waals surface area contributed by atoms with E-state index in [9.17, 15) is 0 Å². The van der Waals surface area contributed by atoms with Crippen LogP contribution in [0.15, 0.2) is 30.3 Å². The molecule has 0 radical (unpaired) electrons. The highest BCUT2D eigenvalue weighted by Crippen LogP contribution is 2.31. The molecular weight excluding hydrogens is 246 g/mol. The molecule has 0 amide bonds. The zero-order valence-corrected chi connectivity index (χ0v) is 13.0. The molecule has 0 bridgehead atoms. The number of hydrogen-bond donors (Lipinski definition) is 1. The molecule has 0 saturated carbocycles. The van der Waals surface area contributed by atoms with Crippen molar-refractivity contribution >= 4 is 0 Å². The summed E-state index contributed by atoms with van der Waals surface area (Å²) in [7, 11) is 1.95. The second-order valence-electron chi connectivity index (χ2n) is 5.44. The van der Waals surface area contributed by atoms with Crippen LogP contribution in [0.2, 0.25) is 0 Å². The molecule has 2 heteroatoms. The monoisotopic (exact) mass is 269 g/mol. The highest BCUT2D eigenvalue weighted by atomic mass is 16.5. The SMILES string of the molecule is CNCc1ccc(C)c(Oc2cc(C)cc(C)c2C)c1. The Morgan fingerprint density at radius 3 is 2.35 bits per heavy atom. The van der Waals surface area contributed by atoms with Crippen molar-refractivity contribution in [3.05, 3.63) is 58.1 Å². The fraction of sp³-hybridized carbons (Fsp3) is 0.333. The van der Waals surface area contributed by atoms with Gasteiger partial charge in [0.05, 0.1) is 0 Å². The summed E-state index contributed by atoms with van der Waals surface area (Å²) in [6.07, 6.45) is 0. The largest absolute Gasteiger partial charge is 0.457 e. The Morgan fingerprint density at radius 1 is 0.900 bits per heavy atom. The molecule has 0 saturated heterocycles. The minimum Gasteiger partial charge on any atom is -0.457 e. The molecule has 0 aliphatic carbocycles. The standard InChI is InChI=1S/C18H23NO/c1-12-8-14(3)15(4)18(9-12)20-17-10-16(11-19-5)7-6-13(17)2/h6-10,19H,11H2,1-5H3. The van der Waals surface area contributed by atoms with Gasteiger partial charge in [0.1, 0.15) is 11.5 Å². The first-order chi connectivity index (χ1) is 9.51. The van der Waals surface area contributed by atoms with Gasteiger partial charge in [-0.25, -0.2) is 0 Å². The number of benzene rings is 2. The van der Waals surface area contributed by atoms with E-state index in [2.05, 4.69) is 63.3 Å². The molecular formula is C18H23NO. The molecule has 0 atom stereocenters. The third-order valence-corrected chi connectivity index (χ3v) is 3.62. The smallest absolute Gasteiger partial charge is 0.130 e. The van der Waals surface area contributed by atoms with Gasteiger partial charge in [0.25, 0.3) is 0 Å². The van der Waals surface area contributed by atoms with Crippen molar-refractivity contribution in [3.63, 3.8) is 0 Å². The zero-order chi connectivity index (χ0) is 14.7. The van der Waals surface area contributed by atoms with Gasteiger partial charge in [-0.05, 0) is 74.7 Å². The van der Waals surface area contributed by atoms with E-state index in [1.807, 2.05) is 7.05 Å². The zero-order valence-electron chi connectivity index (χ0n) is 13.0. The Labute approximate surface area is 121 Å². The summed E-state index contributed by atoms with van der Waals surface area (Å²) in [5.41, 5.74) is 6.09. The van der Waals surface area contributed by atoms with Crippen LogP contribution >= 0.6 is 0 Å². The van der Waals surface area contributed by atoms with Crippen molar-refractivity contribution in [1.82, 2.24) is 5.32 Å². The topological polar surface area (TPSA) is 21.3 Å². The first-order valence-corrected chi connectivity index (χ1v) is 7.01. The van der Waals surface area contributed by atoms with Crippen molar-refractivity contribution in [2.45, 2.75) is 34.2 Å². The fourth-order valence-electron chi connectivity index (χ4n) is 2.29. The second-order valence-corrected chi connectivity index (χ2v) is 5.44. The normalized spacial score (nSPS) is 10.7. The van der Waals surface area contributed by atoms with E-state index in [1.165, 1.54) is 22.3 Å². The fourth-order valence-corrected chi connectivity index (χ4v) is 2.29. The Hall–Kier alpha value is -1.80. The lowest BCUT2D eigenvalue weighted by Gasteiger charge is -2.14. The first-order valence-electron chi connectivity index (χ1n) is 7.01. The molecule has 0 spiro atoms. The van der Waals surface area contributed by atoms with Crippen LogP contribution in [0.4, 0.5) is 0 Å². The van der Waals surface area contributed by atoms with Crippen LogP contribution in [-0.4, -0.2) is 7.05 Å². The maximum absolute atomic E-state index is 6.16. The summed E-state index contributed by atoms with van der Waals surface area (Å²) in [5.74, 6) is 1.89. The van der Waals surface area contributed by atoms with Gasteiger partial charge in [0, 0.05) is 6.54 Å². The third-order valence-electron chi connectivity index (χ3n) is 3.62. The van der Waals surface area contributed by atoms with Gasteiger partial charge < -0.3 is 10.1 Å². The number of aryl methyl sites for hydroxylation is 3. The molecule has 106 valence electrons.